The van der Waals surface area contributed by atoms with Crippen LogP contribution in [-0.2, 0) is 0 Å². The standard InChI is InChI=1S/C22H21N9O2/c23-19-18(21-30-29-20(33-21)14-5-2-1-3-6-14)28-16(12-27-19)15-11-26-17(13-25-15)22(32)31-9-4-7-24-8-10-31/h1-3,5-6,11-13,24H,4,7-10H2,(H2,23,27). The lowest BCUT2D eigenvalue weighted by molar-refractivity contribution is 0.0760. The Morgan fingerprint density at radius 1 is 0.939 bits per heavy atom. The van der Waals surface area contributed by atoms with Crippen LogP contribution in [0.5, 0.6) is 0 Å². The minimum atomic E-state index is -0.138. The van der Waals surface area contributed by atoms with Crippen LogP contribution < -0.4 is 11.1 Å². The molecule has 0 saturated carbocycles. The molecule has 4 heterocycles. The molecule has 0 bridgehead atoms. The fourth-order valence-electron chi connectivity index (χ4n) is 3.48. The Balaban J connectivity index is 1.39. The minimum absolute atomic E-state index is 0.138. The molecule has 1 saturated heterocycles. The average Bonchev–Trinajstić information content (AvgIpc) is 3.19. The van der Waals surface area contributed by atoms with E-state index < -0.39 is 0 Å². The van der Waals surface area contributed by atoms with Crippen LogP contribution in [0.15, 0.2) is 53.3 Å². The van der Waals surface area contributed by atoms with E-state index in [0.29, 0.717) is 30.4 Å². The second-order valence-corrected chi connectivity index (χ2v) is 7.45. The van der Waals surface area contributed by atoms with Gasteiger partial charge >= 0.3 is 0 Å². The third-order valence-corrected chi connectivity index (χ3v) is 5.21. The van der Waals surface area contributed by atoms with Crippen molar-refractivity contribution in [2.75, 3.05) is 31.9 Å². The summed E-state index contributed by atoms with van der Waals surface area (Å²) < 4.78 is 5.76. The molecule has 1 aliphatic heterocycles. The molecule has 11 nitrogen and oxygen atoms in total. The Labute approximate surface area is 189 Å². The topological polar surface area (TPSA) is 149 Å². The molecule has 1 aromatic carbocycles. The van der Waals surface area contributed by atoms with E-state index in [1.165, 1.54) is 18.6 Å². The van der Waals surface area contributed by atoms with Crippen molar-refractivity contribution in [1.29, 1.82) is 0 Å². The second-order valence-electron chi connectivity index (χ2n) is 7.45. The van der Waals surface area contributed by atoms with Crippen molar-refractivity contribution in [3.8, 4) is 34.4 Å². The van der Waals surface area contributed by atoms with Crippen LogP contribution >= 0.6 is 0 Å². The third kappa shape index (κ3) is 4.39. The maximum atomic E-state index is 12.7. The molecule has 3 N–H and O–H groups in total. The van der Waals surface area contributed by atoms with Crippen LogP contribution in [0.3, 0.4) is 0 Å². The summed E-state index contributed by atoms with van der Waals surface area (Å²) >= 11 is 0. The monoisotopic (exact) mass is 443 g/mol. The molecule has 0 radical (unpaired) electrons. The quantitative estimate of drug-likeness (QED) is 0.477. The highest BCUT2D eigenvalue weighted by atomic mass is 16.4. The number of nitrogens with zero attached hydrogens (tertiary/aromatic N) is 7. The van der Waals surface area contributed by atoms with Gasteiger partial charge in [0.25, 0.3) is 11.8 Å². The summed E-state index contributed by atoms with van der Waals surface area (Å²) in [7, 11) is 0. The Morgan fingerprint density at radius 3 is 2.58 bits per heavy atom. The van der Waals surface area contributed by atoms with E-state index in [2.05, 4.69) is 35.5 Å². The van der Waals surface area contributed by atoms with E-state index in [4.69, 9.17) is 10.2 Å². The van der Waals surface area contributed by atoms with Crippen molar-refractivity contribution in [2.24, 2.45) is 0 Å². The van der Waals surface area contributed by atoms with Crippen LogP contribution in [0.2, 0.25) is 0 Å². The summed E-state index contributed by atoms with van der Waals surface area (Å²) in [5, 5.41) is 11.4. The lowest BCUT2D eigenvalue weighted by atomic mass is 10.2. The smallest absolute Gasteiger partial charge is 0.274 e. The van der Waals surface area contributed by atoms with Crippen LogP contribution in [0.25, 0.3) is 34.4 Å². The van der Waals surface area contributed by atoms with E-state index >= 15 is 0 Å². The number of rotatable bonds is 4. The van der Waals surface area contributed by atoms with Gasteiger partial charge in [0.2, 0.25) is 5.89 Å². The van der Waals surface area contributed by atoms with Crippen LogP contribution in [0.4, 0.5) is 5.82 Å². The zero-order chi connectivity index (χ0) is 22.6. The lowest BCUT2D eigenvalue weighted by Crippen LogP contribution is -2.34. The molecule has 33 heavy (non-hydrogen) atoms. The molecule has 3 aromatic heterocycles. The van der Waals surface area contributed by atoms with Gasteiger partial charge in [-0.25, -0.2) is 15.0 Å². The molecule has 11 heteroatoms. The Bertz CT molecular complexity index is 1250. The lowest BCUT2D eigenvalue weighted by Gasteiger charge is -2.19. The van der Waals surface area contributed by atoms with Crippen LogP contribution in [0.1, 0.15) is 16.9 Å². The van der Waals surface area contributed by atoms with Gasteiger partial charge in [-0.2, -0.15) is 0 Å². The van der Waals surface area contributed by atoms with Gasteiger partial charge in [0, 0.05) is 25.2 Å². The van der Waals surface area contributed by atoms with E-state index in [1.807, 2.05) is 30.3 Å². The number of anilines is 1. The van der Waals surface area contributed by atoms with E-state index in [-0.39, 0.29) is 29.0 Å². The third-order valence-electron chi connectivity index (χ3n) is 5.21. The summed E-state index contributed by atoms with van der Waals surface area (Å²) in [4.78, 5) is 31.9. The zero-order valence-corrected chi connectivity index (χ0v) is 17.7. The molecule has 0 unspecified atom stereocenters. The Kier molecular flexibility index (Phi) is 5.68. The summed E-state index contributed by atoms with van der Waals surface area (Å²) in [6.07, 6.45) is 5.34. The molecule has 166 valence electrons. The number of nitrogen functional groups attached to an aromatic ring is 1. The van der Waals surface area contributed by atoms with Crippen LogP contribution in [0, 0.1) is 0 Å². The van der Waals surface area contributed by atoms with Gasteiger partial charge < -0.3 is 20.4 Å². The van der Waals surface area contributed by atoms with Gasteiger partial charge in [-0.05, 0) is 25.1 Å². The largest absolute Gasteiger partial charge is 0.414 e. The van der Waals surface area contributed by atoms with E-state index in [1.54, 1.807) is 4.90 Å². The van der Waals surface area contributed by atoms with Crippen molar-refractivity contribution in [3.63, 3.8) is 0 Å². The summed E-state index contributed by atoms with van der Waals surface area (Å²) in [6.45, 7) is 3.00. The van der Waals surface area contributed by atoms with E-state index in [9.17, 15) is 4.79 Å². The van der Waals surface area contributed by atoms with Crippen molar-refractivity contribution < 1.29 is 9.21 Å². The number of nitrogens with two attached hydrogens (primary N) is 1. The zero-order valence-electron chi connectivity index (χ0n) is 17.7. The predicted octanol–water partition coefficient (Wildman–Crippen LogP) is 1.67. The minimum Gasteiger partial charge on any atom is -0.414 e. The summed E-state index contributed by atoms with van der Waals surface area (Å²) in [6, 6.07) is 9.39. The first-order valence-corrected chi connectivity index (χ1v) is 10.5. The summed E-state index contributed by atoms with van der Waals surface area (Å²) in [5.41, 5.74) is 8.20. The first-order valence-electron chi connectivity index (χ1n) is 10.5. The van der Waals surface area contributed by atoms with Gasteiger partial charge in [-0.15, -0.1) is 10.2 Å². The molecule has 0 atom stereocenters. The van der Waals surface area contributed by atoms with Gasteiger partial charge in [-0.1, -0.05) is 18.2 Å². The van der Waals surface area contributed by atoms with Crippen molar-refractivity contribution in [1.82, 2.24) is 40.3 Å². The number of aromatic nitrogens is 6. The normalized spacial score (nSPS) is 14.1. The highest BCUT2D eigenvalue weighted by Crippen LogP contribution is 2.27. The highest BCUT2D eigenvalue weighted by molar-refractivity contribution is 5.92. The number of benzene rings is 1. The van der Waals surface area contributed by atoms with Gasteiger partial charge in [0.1, 0.15) is 17.1 Å². The fourth-order valence-corrected chi connectivity index (χ4v) is 3.48. The van der Waals surface area contributed by atoms with Crippen LogP contribution in [-0.4, -0.2) is 67.1 Å². The molecule has 0 spiro atoms. The van der Waals surface area contributed by atoms with Crippen molar-refractivity contribution in [2.45, 2.75) is 6.42 Å². The SMILES string of the molecule is Nc1ncc(-c2cnc(C(=O)N3CCCNCC3)cn2)nc1-c1nnc(-c2ccccc2)o1. The molecule has 1 fully saturated rings. The molecule has 1 amide bonds. The fraction of sp³-hybridized carbons (Fsp3) is 0.227. The molecular weight excluding hydrogens is 422 g/mol. The number of carbonyl (C=O) groups is 1. The number of hydrogen-bond donors (Lipinski definition) is 2. The number of carbonyl (C=O) groups excluding carboxylic acids is 1. The van der Waals surface area contributed by atoms with Gasteiger partial charge in [0.05, 0.1) is 18.6 Å². The maximum absolute atomic E-state index is 12.7. The first kappa shape index (κ1) is 20.6. The van der Waals surface area contributed by atoms with Crippen molar-refractivity contribution in [3.05, 3.63) is 54.6 Å². The molecule has 0 aliphatic carbocycles. The summed E-state index contributed by atoms with van der Waals surface area (Å²) in [5.74, 6) is 0.511. The Hall–Kier alpha value is -4.25. The van der Waals surface area contributed by atoms with Gasteiger partial charge in [0.15, 0.2) is 11.5 Å². The average molecular weight is 443 g/mol. The van der Waals surface area contributed by atoms with E-state index in [0.717, 1.165) is 25.1 Å². The highest BCUT2D eigenvalue weighted by Gasteiger charge is 2.20. The van der Waals surface area contributed by atoms with Crippen molar-refractivity contribution >= 4 is 11.7 Å². The number of nitrogens with one attached hydrogen (secondary N) is 1. The first-order chi connectivity index (χ1) is 16.2. The second kappa shape index (κ2) is 9.09. The molecule has 5 rings (SSSR count). The molecular formula is C22H21N9O2. The Morgan fingerprint density at radius 2 is 1.76 bits per heavy atom. The molecule has 1 aliphatic rings. The maximum Gasteiger partial charge on any atom is 0.274 e. The number of hydrogen-bond acceptors (Lipinski definition) is 10. The number of amides is 1. The molecule has 4 aromatic rings. The van der Waals surface area contributed by atoms with Gasteiger partial charge in [-0.3, -0.25) is 9.78 Å². The predicted molar refractivity (Wildman–Crippen MR) is 120 cm³/mol.